The minimum atomic E-state index is -0.902. The fourth-order valence-electron chi connectivity index (χ4n) is 7.14. The van der Waals surface area contributed by atoms with Gasteiger partial charge in [0.2, 0.25) is 5.91 Å². The van der Waals surface area contributed by atoms with E-state index >= 15 is 0 Å². The van der Waals surface area contributed by atoms with Gasteiger partial charge in [-0.3, -0.25) is 9.59 Å². The van der Waals surface area contributed by atoms with E-state index in [0.29, 0.717) is 36.6 Å². The molecule has 1 heterocycles. The summed E-state index contributed by atoms with van der Waals surface area (Å²) >= 11 is 1.76. The number of thioether (sulfide) groups is 1. The molecule has 5 aromatic carbocycles. The number of hydrogen-bond acceptors (Lipinski definition) is 7. The second kappa shape index (κ2) is 18.6. The second-order valence-electron chi connectivity index (χ2n) is 15.4. The number of nitrogens with one attached hydrogen (secondary N) is 3. The van der Waals surface area contributed by atoms with Crippen molar-refractivity contribution < 1.29 is 23.9 Å². The van der Waals surface area contributed by atoms with E-state index in [0.717, 1.165) is 33.4 Å². The Morgan fingerprint density at radius 3 is 1.91 bits per heavy atom. The number of carbonyl (C=O) groups excluding carboxylic acids is 3. The summed E-state index contributed by atoms with van der Waals surface area (Å²) in [6.07, 6.45) is 0.413. The number of aryl methyl sites for hydroxylation is 1. The molecule has 0 bridgehead atoms. The van der Waals surface area contributed by atoms with Gasteiger partial charge in [-0.15, -0.1) is 11.8 Å². The van der Waals surface area contributed by atoms with Crippen molar-refractivity contribution in [3.05, 3.63) is 172 Å². The van der Waals surface area contributed by atoms with Gasteiger partial charge in [0.15, 0.2) is 0 Å². The van der Waals surface area contributed by atoms with Crippen LogP contribution < -0.4 is 26.4 Å². The van der Waals surface area contributed by atoms with Crippen molar-refractivity contribution in [1.82, 2.24) is 16.0 Å². The lowest BCUT2D eigenvalue weighted by Crippen LogP contribution is -2.47. The van der Waals surface area contributed by atoms with Gasteiger partial charge in [-0.25, -0.2) is 4.79 Å². The third kappa shape index (κ3) is 10.4. The zero-order valence-electron chi connectivity index (χ0n) is 33.0. The number of ether oxygens (including phenoxy) is 2. The topological polar surface area (TPSA) is 132 Å². The average Bonchev–Trinajstić information content (AvgIpc) is 3.20. The molecule has 0 aliphatic carbocycles. The van der Waals surface area contributed by atoms with Gasteiger partial charge in [0.25, 0.3) is 5.91 Å². The van der Waals surface area contributed by atoms with Crippen LogP contribution in [0.4, 0.5) is 4.79 Å². The highest BCUT2D eigenvalue weighted by molar-refractivity contribution is 8.00. The number of para-hydroxylation sites is 1. The number of rotatable bonds is 15. The van der Waals surface area contributed by atoms with E-state index in [9.17, 15) is 14.4 Å². The van der Waals surface area contributed by atoms with Crippen LogP contribution in [0.3, 0.4) is 0 Å². The van der Waals surface area contributed by atoms with Crippen LogP contribution in [0.2, 0.25) is 0 Å². The number of amides is 3. The van der Waals surface area contributed by atoms with Crippen molar-refractivity contribution in [2.45, 2.75) is 69.0 Å². The normalized spacial score (nSPS) is 15.0. The maximum absolute atomic E-state index is 13.7. The van der Waals surface area contributed by atoms with E-state index in [-0.39, 0.29) is 18.5 Å². The number of alkyl carbamates (subject to hydrolysis) is 1. The van der Waals surface area contributed by atoms with Crippen LogP contribution in [0.1, 0.15) is 77.0 Å². The number of hydrogen-bond donors (Lipinski definition) is 4. The lowest BCUT2D eigenvalue weighted by molar-refractivity contribution is -0.119. The molecule has 0 fully saturated rings. The molecule has 57 heavy (non-hydrogen) atoms. The molecule has 5 aromatic rings. The summed E-state index contributed by atoms with van der Waals surface area (Å²) in [4.78, 5) is 39.6. The van der Waals surface area contributed by atoms with Crippen LogP contribution in [0.15, 0.2) is 133 Å². The van der Waals surface area contributed by atoms with Crippen LogP contribution in [0, 0.1) is 6.92 Å². The van der Waals surface area contributed by atoms with Gasteiger partial charge in [0.05, 0.1) is 23.0 Å². The van der Waals surface area contributed by atoms with Crippen LogP contribution in [-0.2, 0) is 20.7 Å². The van der Waals surface area contributed by atoms with Crippen LogP contribution in [0.5, 0.6) is 5.75 Å². The van der Waals surface area contributed by atoms with Gasteiger partial charge >= 0.3 is 6.09 Å². The predicted molar refractivity (Wildman–Crippen MR) is 227 cm³/mol. The second-order valence-corrected chi connectivity index (χ2v) is 16.6. The third-order valence-electron chi connectivity index (χ3n) is 9.90. The highest BCUT2D eigenvalue weighted by Gasteiger charge is 2.38. The molecule has 0 aromatic heterocycles. The zero-order valence-corrected chi connectivity index (χ0v) is 33.8. The first-order chi connectivity index (χ1) is 27.4. The van der Waals surface area contributed by atoms with Crippen molar-refractivity contribution in [1.29, 1.82) is 0 Å². The molecule has 1 unspecified atom stereocenters. The first kappa shape index (κ1) is 41.1. The third-order valence-corrected chi connectivity index (χ3v) is 11.6. The lowest BCUT2D eigenvalue weighted by Gasteiger charge is -2.37. The minimum absolute atomic E-state index is 0.184. The molecule has 0 saturated carbocycles. The maximum atomic E-state index is 13.7. The van der Waals surface area contributed by atoms with Gasteiger partial charge in [0, 0.05) is 36.7 Å². The van der Waals surface area contributed by atoms with E-state index in [1.165, 1.54) is 0 Å². The Balaban J connectivity index is 1.25. The zero-order chi connectivity index (χ0) is 40.4. The number of fused-ring (bicyclic) bond motifs is 1. The van der Waals surface area contributed by atoms with E-state index in [4.69, 9.17) is 15.2 Å². The molecular weight excluding hydrogens is 733 g/mol. The number of nitrogens with two attached hydrogens (primary N) is 1. The molecule has 3 amide bonds. The van der Waals surface area contributed by atoms with Gasteiger partial charge in [0.1, 0.15) is 17.4 Å². The molecule has 6 rings (SSSR count). The van der Waals surface area contributed by atoms with Crippen LogP contribution in [0.25, 0.3) is 0 Å². The number of primary amides is 1. The Bertz CT molecular complexity index is 2010. The maximum Gasteiger partial charge on any atom is 0.407 e. The fourth-order valence-corrected chi connectivity index (χ4v) is 8.70. The van der Waals surface area contributed by atoms with E-state index in [2.05, 4.69) is 88.7 Å². The van der Waals surface area contributed by atoms with Crippen molar-refractivity contribution in [2.75, 3.05) is 18.9 Å². The SMILES string of the molecule is Cc1ccc(C[C@H](NC(=O)c2cccc3c2OCCC3NC[C@H](CSC(c2ccccc2)(c2ccccc2)c2ccccc2)NC(=O)OC(C)(C)C)C(N)=O)cc1. The lowest BCUT2D eigenvalue weighted by atomic mass is 9.84. The Morgan fingerprint density at radius 2 is 1.37 bits per heavy atom. The molecule has 9 nitrogen and oxygen atoms in total. The number of benzene rings is 5. The molecular formula is C47H52N4O5S. The van der Waals surface area contributed by atoms with Gasteiger partial charge in [-0.2, -0.15) is 0 Å². The molecule has 3 atom stereocenters. The first-order valence-electron chi connectivity index (χ1n) is 19.4. The Labute approximate surface area is 340 Å². The Morgan fingerprint density at radius 1 is 0.789 bits per heavy atom. The molecule has 0 spiro atoms. The van der Waals surface area contributed by atoms with Crippen LogP contribution in [-0.4, -0.2) is 54.5 Å². The summed E-state index contributed by atoms with van der Waals surface area (Å²) in [5, 5.41) is 9.70. The smallest absolute Gasteiger partial charge is 0.407 e. The quantitative estimate of drug-likeness (QED) is 0.0796. The molecule has 1 aliphatic heterocycles. The van der Waals surface area contributed by atoms with Crippen molar-refractivity contribution in [3.63, 3.8) is 0 Å². The van der Waals surface area contributed by atoms with E-state index in [1.807, 2.05) is 82.3 Å². The largest absolute Gasteiger partial charge is 0.492 e. The standard InChI is InChI=1S/C47H52N4O5S/c1-32-23-25-33(26-24-32)29-41(43(48)52)51-44(53)39-22-14-21-38-40(27-28-55-42(38)39)49-30-37(50-45(54)56-46(2,3)4)31-57-47(34-15-8-5-9-16-34,35-17-10-6-11-18-35)36-19-12-7-13-20-36/h5-26,37,40-41,49H,27-31H2,1-4H3,(H2,48,52)(H,50,54)(H,51,53)/t37-,40?,41+/m1/s1. The summed E-state index contributed by atoms with van der Waals surface area (Å²) in [6, 6.07) is 43.1. The summed E-state index contributed by atoms with van der Waals surface area (Å²) in [7, 11) is 0. The number of carbonyl (C=O) groups is 3. The summed E-state index contributed by atoms with van der Waals surface area (Å²) in [6.45, 7) is 8.31. The Kier molecular flexibility index (Phi) is 13.4. The first-order valence-corrected chi connectivity index (χ1v) is 20.4. The van der Waals surface area contributed by atoms with Gasteiger partial charge in [-0.05, 0) is 56.0 Å². The molecule has 296 valence electrons. The molecule has 0 radical (unpaired) electrons. The molecule has 1 aliphatic rings. The predicted octanol–water partition coefficient (Wildman–Crippen LogP) is 7.85. The summed E-state index contributed by atoms with van der Waals surface area (Å²) in [5.74, 6) is -0.0757. The average molecular weight is 785 g/mol. The van der Waals surface area contributed by atoms with Crippen molar-refractivity contribution >= 4 is 29.7 Å². The summed E-state index contributed by atoms with van der Waals surface area (Å²) < 4.78 is 11.3. The highest BCUT2D eigenvalue weighted by Crippen LogP contribution is 2.48. The monoisotopic (exact) mass is 784 g/mol. The van der Waals surface area contributed by atoms with Gasteiger partial charge in [-0.1, -0.05) is 133 Å². The summed E-state index contributed by atoms with van der Waals surface area (Å²) in [5.41, 5.74) is 11.6. The van der Waals surface area contributed by atoms with Crippen molar-refractivity contribution in [2.24, 2.45) is 5.73 Å². The van der Waals surface area contributed by atoms with Gasteiger partial charge < -0.3 is 31.2 Å². The van der Waals surface area contributed by atoms with E-state index in [1.54, 1.807) is 17.8 Å². The van der Waals surface area contributed by atoms with Crippen LogP contribution >= 0.6 is 11.8 Å². The fraction of sp³-hybridized carbons (Fsp3) is 0.298. The molecule has 10 heteroatoms. The molecule has 0 saturated heterocycles. The van der Waals surface area contributed by atoms with E-state index < -0.39 is 34.3 Å². The van der Waals surface area contributed by atoms with Crippen molar-refractivity contribution in [3.8, 4) is 5.75 Å². The molecule has 5 N–H and O–H groups in total. The Hall–Kier alpha value is -5.58. The minimum Gasteiger partial charge on any atom is -0.492 e. The highest BCUT2D eigenvalue weighted by atomic mass is 32.2.